The molecule has 0 unspecified atom stereocenters. The Balaban J connectivity index is 2.22. The van der Waals surface area contributed by atoms with Gasteiger partial charge in [-0.1, -0.05) is 6.07 Å². The van der Waals surface area contributed by atoms with Crippen molar-refractivity contribution in [3.8, 4) is 5.75 Å². The Morgan fingerprint density at radius 3 is 2.62 bits per heavy atom. The minimum Gasteiger partial charge on any atom is -0.497 e. The molecule has 1 amide bonds. The van der Waals surface area contributed by atoms with Crippen molar-refractivity contribution in [2.24, 2.45) is 7.05 Å². The number of carbonyl (C=O) groups is 1. The highest BCUT2D eigenvalue weighted by Crippen LogP contribution is 2.28. The number of halogens is 3. The SMILES string of the molecule is COc1cccc(NC(=O)c2cc(C(F)(F)F)nn2C)c1. The summed E-state index contributed by atoms with van der Waals surface area (Å²) >= 11 is 0. The number of carbonyl (C=O) groups excluding carboxylic acids is 1. The number of amides is 1. The topological polar surface area (TPSA) is 56.1 Å². The molecule has 112 valence electrons. The fourth-order valence-electron chi connectivity index (χ4n) is 1.71. The maximum atomic E-state index is 12.5. The minimum atomic E-state index is -4.59. The zero-order valence-electron chi connectivity index (χ0n) is 11.2. The summed E-state index contributed by atoms with van der Waals surface area (Å²) < 4.78 is 43.5. The number of aromatic nitrogens is 2. The minimum absolute atomic E-state index is 0.190. The summed E-state index contributed by atoms with van der Waals surface area (Å²) in [5.41, 5.74) is -0.889. The summed E-state index contributed by atoms with van der Waals surface area (Å²) in [5.74, 6) is -0.164. The summed E-state index contributed by atoms with van der Waals surface area (Å²) in [6.45, 7) is 0. The van der Waals surface area contributed by atoms with Gasteiger partial charge in [-0.05, 0) is 12.1 Å². The van der Waals surface area contributed by atoms with Crippen molar-refractivity contribution in [1.29, 1.82) is 0 Å². The normalized spacial score (nSPS) is 11.3. The number of alkyl halides is 3. The van der Waals surface area contributed by atoms with Gasteiger partial charge in [-0.25, -0.2) is 0 Å². The lowest BCUT2D eigenvalue weighted by Crippen LogP contribution is -2.16. The lowest BCUT2D eigenvalue weighted by molar-refractivity contribution is -0.141. The van der Waals surface area contributed by atoms with Gasteiger partial charge >= 0.3 is 6.18 Å². The molecule has 0 bridgehead atoms. The van der Waals surface area contributed by atoms with Crippen molar-refractivity contribution < 1.29 is 22.7 Å². The Kier molecular flexibility index (Phi) is 3.88. The van der Waals surface area contributed by atoms with Crippen molar-refractivity contribution >= 4 is 11.6 Å². The van der Waals surface area contributed by atoms with Gasteiger partial charge < -0.3 is 10.1 Å². The molecule has 1 heterocycles. The third-order valence-corrected chi connectivity index (χ3v) is 2.73. The zero-order valence-corrected chi connectivity index (χ0v) is 11.2. The van der Waals surface area contributed by atoms with Gasteiger partial charge in [0.1, 0.15) is 11.4 Å². The molecule has 0 saturated heterocycles. The van der Waals surface area contributed by atoms with E-state index in [4.69, 9.17) is 4.74 Å². The molecule has 0 saturated carbocycles. The summed E-state index contributed by atoms with van der Waals surface area (Å²) in [6.07, 6.45) is -4.59. The number of hydrogen-bond donors (Lipinski definition) is 1. The highest BCUT2D eigenvalue weighted by atomic mass is 19.4. The number of rotatable bonds is 3. The molecule has 1 aromatic carbocycles. The van der Waals surface area contributed by atoms with Crippen LogP contribution in [-0.4, -0.2) is 22.8 Å². The molecule has 0 atom stereocenters. The Morgan fingerprint density at radius 1 is 1.33 bits per heavy atom. The van der Waals surface area contributed by atoms with Gasteiger partial charge in [0.2, 0.25) is 0 Å². The average molecular weight is 299 g/mol. The maximum Gasteiger partial charge on any atom is 0.435 e. The fraction of sp³-hybridized carbons (Fsp3) is 0.231. The number of methoxy groups -OCH3 is 1. The van der Waals surface area contributed by atoms with E-state index in [0.717, 1.165) is 4.68 Å². The first kappa shape index (κ1) is 14.9. The van der Waals surface area contributed by atoms with Crippen molar-refractivity contribution in [3.63, 3.8) is 0 Å². The summed E-state index contributed by atoms with van der Waals surface area (Å²) in [6, 6.07) is 7.19. The first-order valence-corrected chi connectivity index (χ1v) is 5.88. The molecule has 0 radical (unpaired) electrons. The van der Waals surface area contributed by atoms with Crippen LogP contribution in [0.5, 0.6) is 5.75 Å². The lowest BCUT2D eigenvalue weighted by Gasteiger charge is -2.06. The van der Waals surface area contributed by atoms with Crippen molar-refractivity contribution in [3.05, 3.63) is 41.7 Å². The average Bonchev–Trinajstić information content (AvgIpc) is 2.81. The van der Waals surface area contributed by atoms with E-state index >= 15 is 0 Å². The molecule has 2 aromatic rings. The molecule has 0 spiro atoms. The molecule has 0 fully saturated rings. The van der Waals surface area contributed by atoms with Gasteiger partial charge in [0.15, 0.2) is 5.69 Å². The molecule has 8 heteroatoms. The van der Waals surface area contributed by atoms with Crippen LogP contribution in [-0.2, 0) is 13.2 Å². The van der Waals surface area contributed by atoms with Crippen LogP contribution in [0.2, 0.25) is 0 Å². The summed E-state index contributed by atoms with van der Waals surface area (Å²) in [4.78, 5) is 12.0. The van der Waals surface area contributed by atoms with Crippen LogP contribution in [0.15, 0.2) is 30.3 Å². The van der Waals surface area contributed by atoms with Crippen LogP contribution in [0.25, 0.3) is 0 Å². The third-order valence-electron chi connectivity index (χ3n) is 2.73. The predicted molar refractivity (Wildman–Crippen MR) is 69.2 cm³/mol. The standard InChI is InChI=1S/C13H12F3N3O2/c1-19-10(7-11(18-19)13(14,15)16)12(20)17-8-4-3-5-9(6-8)21-2/h3-7H,1-2H3,(H,17,20). The highest BCUT2D eigenvalue weighted by Gasteiger charge is 2.35. The van der Waals surface area contributed by atoms with E-state index in [1.165, 1.54) is 14.2 Å². The van der Waals surface area contributed by atoms with Crippen LogP contribution in [0.4, 0.5) is 18.9 Å². The number of aryl methyl sites for hydroxylation is 1. The first-order chi connectivity index (χ1) is 9.81. The Labute approximate surface area is 118 Å². The highest BCUT2D eigenvalue weighted by molar-refractivity contribution is 6.03. The van der Waals surface area contributed by atoms with E-state index in [1.54, 1.807) is 24.3 Å². The number of ether oxygens (including phenoxy) is 1. The molecule has 1 N–H and O–H groups in total. The van der Waals surface area contributed by atoms with Crippen LogP contribution in [0.3, 0.4) is 0 Å². The van der Waals surface area contributed by atoms with Gasteiger partial charge in [-0.2, -0.15) is 18.3 Å². The van der Waals surface area contributed by atoms with E-state index in [2.05, 4.69) is 10.4 Å². The number of nitrogens with zero attached hydrogens (tertiary/aromatic N) is 2. The van der Waals surface area contributed by atoms with Gasteiger partial charge in [0.25, 0.3) is 5.91 Å². The largest absolute Gasteiger partial charge is 0.497 e. The van der Waals surface area contributed by atoms with E-state index < -0.39 is 17.8 Å². The Bertz CT molecular complexity index is 665. The predicted octanol–water partition coefficient (Wildman–Crippen LogP) is 2.70. The fourth-order valence-corrected chi connectivity index (χ4v) is 1.71. The smallest absolute Gasteiger partial charge is 0.435 e. The van der Waals surface area contributed by atoms with Gasteiger partial charge in [-0.15, -0.1) is 0 Å². The number of hydrogen-bond acceptors (Lipinski definition) is 3. The van der Waals surface area contributed by atoms with Crippen molar-refractivity contribution in [2.45, 2.75) is 6.18 Å². The molecule has 5 nitrogen and oxygen atoms in total. The monoisotopic (exact) mass is 299 g/mol. The number of benzene rings is 1. The maximum absolute atomic E-state index is 12.5. The Morgan fingerprint density at radius 2 is 2.05 bits per heavy atom. The Hall–Kier alpha value is -2.51. The molecule has 1 aromatic heterocycles. The second-order valence-electron chi connectivity index (χ2n) is 4.22. The van der Waals surface area contributed by atoms with E-state index in [1.807, 2.05) is 0 Å². The molecule has 2 rings (SSSR count). The first-order valence-electron chi connectivity index (χ1n) is 5.88. The number of anilines is 1. The van der Waals surface area contributed by atoms with Crippen LogP contribution < -0.4 is 10.1 Å². The second-order valence-corrected chi connectivity index (χ2v) is 4.22. The molecular formula is C13H12F3N3O2. The molecular weight excluding hydrogens is 287 g/mol. The molecule has 0 aliphatic carbocycles. The van der Waals surface area contributed by atoms with E-state index in [0.29, 0.717) is 17.5 Å². The summed E-state index contributed by atoms with van der Waals surface area (Å²) in [5, 5.41) is 5.78. The van der Waals surface area contributed by atoms with E-state index in [9.17, 15) is 18.0 Å². The molecule has 0 aliphatic heterocycles. The van der Waals surface area contributed by atoms with Gasteiger partial charge in [0.05, 0.1) is 7.11 Å². The molecule has 0 aliphatic rings. The summed E-state index contributed by atoms with van der Waals surface area (Å²) in [7, 11) is 2.74. The van der Waals surface area contributed by atoms with Crippen molar-refractivity contribution in [2.75, 3.05) is 12.4 Å². The molecule has 21 heavy (non-hydrogen) atoms. The van der Waals surface area contributed by atoms with Gasteiger partial charge in [0, 0.05) is 24.9 Å². The van der Waals surface area contributed by atoms with Gasteiger partial charge in [-0.3, -0.25) is 9.48 Å². The van der Waals surface area contributed by atoms with Crippen LogP contribution >= 0.6 is 0 Å². The zero-order chi connectivity index (χ0) is 15.6. The third kappa shape index (κ3) is 3.33. The number of nitrogens with one attached hydrogen (secondary N) is 1. The lowest BCUT2D eigenvalue weighted by atomic mass is 10.2. The second kappa shape index (κ2) is 5.47. The van der Waals surface area contributed by atoms with Crippen molar-refractivity contribution in [1.82, 2.24) is 9.78 Å². The van der Waals surface area contributed by atoms with Crippen LogP contribution in [0, 0.1) is 0 Å². The quantitative estimate of drug-likeness (QED) is 0.948. The van der Waals surface area contributed by atoms with Crippen LogP contribution in [0.1, 0.15) is 16.2 Å². The van der Waals surface area contributed by atoms with E-state index in [-0.39, 0.29) is 5.69 Å².